The zero-order chi connectivity index (χ0) is 13.9. The zero-order valence-corrected chi connectivity index (χ0v) is 11.9. The van der Waals surface area contributed by atoms with E-state index < -0.39 is 5.82 Å². The quantitative estimate of drug-likeness (QED) is 0.908. The van der Waals surface area contributed by atoms with Crippen LogP contribution < -0.4 is 10.1 Å². The van der Waals surface area contributed by atoms with Gasteiger partial charge in [0.15, 0.2) is 0 Å². The molecule has 4 nitrogen and oxygen atoms in total. The van der Waals surface area contributed by atoms with Crippen LogP contribution in [0.1, 0.15) is 46.5 Å². The van der Waals surface area contributed by atoms with Gasteiger partial charge in [0.25, 0.3) is 5.88 Å². The number of nitrogens with one attached hydrogen (secondary N) is 1. The molecule has 1 aliphatic rings. The maximum Gasteiger partial charge on any atom is 0.255 e. The molecule has 5 heteroatoms. The largest absolute Gasteiger partial charge is 0.472 e. The number of nitrogens with zero attached hydrogens (tertiary/aromatic N) is 2. The van der Waals surface area contributed by atoms with Crippen LogP contribution in [-0.2, 0) is 0 Å². The van der Waals surface area contributed by atoms with E-state index in [9.17, 15) is 4.39 Å². The van der Waals surface area contributed by atoms with Crippen LogP contribution in [-0.4, -0.2) is 22.6 Å². The fourth-order valence-electron chi connectivity index (χ4n) is 2.33. The molecule has 2 rings (SSSR count). The van der Waals surface area contributed by atoms with Gasteiger partial charge in [0, 0.05) is 6.54 Å². The number of hydrogen-bond acceptors (Lipinski definition) is 4. The molecule has 0 bridgehead atoms. The fourth-order valence-corrected chi connectivity index (χ4v) is 2.33. The number of hydrogen-bond donors (Lipinski definition) is 1. The van der Waals surface area contributed by atoms with Gasteiger partial charge < -0.3 is 10.1 Å². The standard InChI is InChI=1S/C14H22FN3O/c1-4-16-13-17-9-11(15)12(18-13)19-10-5-7-14(2,3)8-6-10/h9-10H,4-8H2,1-3H3,(H,16,17,18). The Morgan fingerprint density at radius 3 is 2.74 bits per heavy atom. The summed E-state index contributed by atoms with van der Waals surface area (Å²) in [5, 5.41) is 2.96. The SMILES string of the molecule is CCNc1ncc(F)c(OC2CCC(C)(C)CC2)n1. The van der Waals surface area contributed by atoms with E-state index in [0.717, 1.165) is 31.9 Å². The predicted molar refractivity (Wildman–Crippen MR) is 72.8 cm³/mol. The van der Waals surface area contributed by atoms with Crippen LogP contribution in [0, 0.1) is 11.2 Å². The Kier molecular flexibility index (Phi) is 4.22. The Morgan fingerprint density at radius 2 is 2.11 bits per heavy atom. The third kappa shape index (κ3) is 3.78. The molecule has 0 spiro atoms. The molecule has 106 valence electrons. The van der Waals surface area contributed by atoms with Crippen molar-refractivity contribution in [2.75, 3.05) is 11.9 Å². The fraction of sp³-hybridized carbons (Fsp3) is 0.714. The van der Waals surface area contributed by atoms with Crippen LogP contribution in [0.15, 0.2) is 6.20 Å². The highest BCUT2D eigenvalue weighted by molar-refractivity contribution is 5.28. The Bertz CT molecular complexity index is 427. The highest BCUT2D eigenvalue weighted by atomic mass is 19.1. The van der Waals surface area contributed by atoms with Gasteiger partial charge in [0.2, 0.25) is 11.8 Å². The Morgan fingerprint density at radius 1 is 1.42 bits per heavy atom. The van der Waals surface area contributed by atoms with E-state index >= 15 is 0 Å². The van der Waals surface area contributed by atoms with Gasteiger partial charge in [-0.25, -0.2) is 4.98 Å². The van der Waals surface area contributed by atoms with Gasteiger partial charge in [-0.05, 0) is 38.0 Å². The molecule has 1 aromatic heterocycles. The smallest absolute Gasteiger partial charge is 0.255 e. The minimum absolute atomic E-state index is 0.0619. The molecule has 0 radical (unpaired) electrons. The maximum absolute atomic E-state index is 13.6. The Hall–Kier alpha value is -1.39. The summed E-state index contributed by atoms with van der Waals surface area (Å²) in [6.07, 6.45) is 5.33. The van der Waals surface area contributed by atoms with Gasteiger partial charge in [0.05, 0.1) is 6.20 Å². The van der Waals surface area contributed by atoms with Crippen LogP contribution in [0.4, 0.5) is 10.3 Å². The van der Waals surface area contributed by atoms with E-state index in [1.165, 1.54) is 0 Å². The van der Waals surface area contributed by atoms with Gasteiger partial charge in [-0.3, -0.25) is 0 Å². The highest BCUT2D eigenvalue weighted by Crippen LogP contribution is 2.36. The van der Waals surface area contributed by atoms with E-state index in [4.69, 9.17) is 4.74 Å². The van der Waals surface area contributed by atoms with E-state index in [1.807, 2.05) is 6.92 Å². The first kappa shape index (κ1) is 14.0. The summed E-state index contributed by atoms with van der Waals surface area (Å²) in [5.41, 5.74) is 0.374. The van der Waals surface area contributed by atoms with Gasteiger partial charge >= 0.3 is 0 Å². The predicted octanol–water partition coefficient (Wildman–Crippen LogP) is 3.40. The van der Waals surface area contributed by atoms with Crippen LogP contribution in [0.25, 0.3) is 0 Å². The van der Waals surface area contributed by atoms with Crippen LogP contribution in [0.3, 0.4) is 0 Å². The third-order valence-corrected chi connectivity index (χ3v) is 3.61. The Balaban J connectivity index is 2.00. The first-order valence-corrected chi connectivity index (χ1v) is 6.93. The van der Waals surface area contributed by atoms with E-state index in [1.54, 1.807) is 0 Å². The van der Waals surface area contributed by atoms with Crippen molar-refractivity contribution >= 4 is 5.95 Å². The molecule has 0 aliphatic heterocycles. The summed E-state index contributed by atoms with van der Waals surface area (Å²) >= 11 is 0. The number of ether oxygens (including phenoxy) is 1. The van der Waals surface area contributed by atoms with Crippen LogP contribution in [0.5, 0.6) is 5.88 Å². The maximum atomic E-state index is 13.6. The van der Waals surface area contributed by atoms with Crippen molar-refractivity contribution in [3.63, 3.8) is 0 Å². The lowest BCUT2D eigenvalue weighted by molar-refractivity contribution is 0.0910. The summed E-state index contributed by atoms with van der Waals surface area (Å²) in [6.45, 7) is 7.16. The van der Waals surface area contributed by atoms with Crippen molar-refractivity contribution < 1.29 is 9.13 Å². The van der Waals surface area contributed by atoms with Gasteiger partial charge in [-0.15, -0.1) is 0 Å². The van der Waals surface area contributed by atoms with Gasteiger partial charge in [-0.2, -0.15) is 9.37 Å². The monoisotopic (exact) mass is 267 g/mol. The van der Waals surface area contributed by atoms with Crippen molar-refractivity contribution in [1.82, 2.24) is 9.97 Å². The molecule has 1 saturated carbocycles. The van der Waals surface area contributed by atoms with Crippen LogP contribution in [0.2, 0.25) is 0 Å². The summed E-state index contributed by atoms with van der Waals surface area (Å²) in [5.74, 6) is -0.0165. The molecule has 1 heterocycles. The normalized spacial score (nSPS) is 19.2. The average molecular weight is 267 g/mol. The van der Waals surface area contributed by atoms with E-state index in [2.05, 4.69) is 29.1 Å². The van der Waals surface area contributed by atoms with Gasteiger partial charge in [0.1, 0.15) is 6.10 Å². The molecule has 1 N–H and O–H groups in total. The second-order valence-corrected chi connectivity index (χ2v) is 5.86. The van der Waals surface area contributed by atoms with Crippen molar-refractivity contribution in [1.29, 1.82) is 0 Å². The summed E-state index contributed by atoms with van der Waals surface area (Å²) in [4.78, 5) is 7.94. The van der Waals surface area contributed by atoms with Gasteiger partial charge in [-0.1, -0.05) is 13.8 Å². The molecule has 1 fully saturated rings. The topological polar surface area (TPSA) is 47.0 Å². The molecule has 1 aromatic rings. The lowest BCUT2D eigenvalue weighted by Gasteiger charge is -2.34. The minimum Gasteiger partial charge on any atom is -0.472 e. The minimum atomic E-state index is -0.494. The lowest BCUT2D eigenvalue weighted by Crippen LogP contribution is -2.29. The molecule has 0 saturated heterocycles. The Labute approximate surface area is 113 Å². The number of rotatable bonds is 4. The zero-order valence-electron chi connectivity index (χ0n) is 11.9. The van der Waals surface area contributed by atoms with Crippen molar-refractivity contribution in [3.8, 4) is 5.88 Å². The van der Waals surface area contributed by atoms with Crippen molar-refractivity contribution in [2.45, 2.75) is 52.6 Å². The molecule has 0 amide bonds. The van der Waals surface area contributed by atoms with Crippen molar-refractivity contribution in [2.24, 2.45) is 5.41 Å². The average Bonchev–Trinajstić information content (AvgIpc) is 2.36. The number of anilines is 1. The first-order chi connectivity index (χ1) is 9.00. The highest BCUT2D eigenvalue weighted by Gasteiger charge is 2.28. The van der Waals surface area contributed by atoms with Crippen LogP contribution >= 0.6 is 0 Å². The molecule has 0 aromatic carbocycles. The summed E-state index contributed by atoms with van der Waals surface area (Å²) < 4.78 is 19.3. The second-order valence-electron chi connectivity index (χ2n) is 5.86. The summed E-state index contributed by atoms with van der Waals surface area (Å²) in [6, 6.07) is 0. The van der Waals surface area contributed by atoms with E-state index in [-0.39, 0.29) is 12.0 Å². The molecule has 1 aliphatic carbocycles. The molecular formula is C14H22FN3O. The number of aromatic nitrogens is 2. The third-order valence-electron chi connectivity index (χ3n) is 3.61. The van der Waals surface area contributed by atoms with E-state index in [0.29, 0.717) is 17.9 Å². The second kappa shape index (κ2) is 5.72. The molecular weight excluding hydrogens is 245 g/mol. The van der Waals surface area contributed by atoms with Crippen molar-refractivity contribution in [3.05, 3.63) is 12.0 Å². The number of halogens is 1. The summed E-state index contributed by atoms with van der Waals surface area (Å²) in [7, 11) is 0. The lowest BCUT2D eigenvalue weighted by atomic mass is 9.76. The first-order valence-electron chi connectivity index (χ1n) is 6.93. The molecule has 0 unspecified atom stereocenters. The molecule has 19 heavy (non-hydrogen) atoms. The molecule has 0 atom stereocenters.